The number of aryl methyl sites for hydroxylation is 9. The second-order valence-electron chi connectivity index (χ2n) is 16.8. The smallest absolute Gasteiger partial charge is 0.436 e. The van der Waals surface area contributed by atoms with Gasteiger partial charge in [0.2, 0.25) is 17.7 Å². The van der Waals surface area contributed by atoms with Crippen molar-refractivity contribution in [1.29, 1.82) is 0 Å². The van der Waals surface area contributed by atoms with Crippen LogP contribution in [0.25, 0.3) is 0 Å². The van der Waals surface area contributed by atoms with Gasteiger partial charge in [-0.2, -0.15) is 44.5 Å². The van der Waals surface area contributed by atoms with E-state index in [1.807, 2.05) is 20.9 Å². The second-order valence-corrected chi connectivity index (χ2v) is 19.6. The molecule has 13 heterocycles. The van der Waals surface area contributed by atoms with E-state index in [9.17, 15) is 76.1 Å². The molecule has 520 valence electrons. The minimum Gasteiger partial charge on any atom is -0.436 e. The minimum absolute atomic E-state index is 0.0856. The van der Waals surface area contributed by atoms with Crippen LogP contribution in [0.3, 0.4) is 0 Å². The largest absolute Gasteiger partial charge is 0.440 e. The number of nitrogens with zero attached hydrogens (tertiary/aromatic N) is 12. The molecular formula is C42H59N25O25S3. The van der Waals surface area contributed by atoms with E-state index in [1.54, 1.807) is 76.3 Å². The average Bonchev–Trinajstić information content (AvgIpc) is 2.67. The second kappa shape index (κ2) is 42.0. The highest BCUT2D eigenvalue weighted by Gasteiger charge is 2.31. The van der Waals surface area contributed by atoms with Crippen LogP contribution in [0, 0.1) is 61.3 Å². The Morgan fingerprint density at radius 1 is 0.632 bits per heavy atom. The monoisotopic (exact) mass is 1410 g/mol. The molecule has 0 aliphatic carbocycles. The molecule has 9 aromatic rings. The Morgan fingerprint density at radius 3 is 1.39 bits per heavy atom. The van der Waals surface area contributed by atoms with Gasteiger partial charge in [-0.15, -0.1) is 19.7 Å². The summed E-state index contributed by atoms with van der Waals surface area (Å²) >= 11 is 0.496. The number of rotatable bonds is 0. The van der Waals surface area contributed by atoms with E-state index in [-0.39, 0.29) is 44.3 Å². The van der Waals surface area contributed by atoms with Crippen LogP contribution in [0.15, 0.2) is 80.6 Å². The van der Waals surface area contributed by atoms with E-state index in [1.165, 1.54) is 31.5 Å². The molecule has 4 unspecified atom stereocenters. The molecule has 13 rings (SSSR count). The van der Waals surface area contributed by atoms with Gasteiger partial charge >= 0.3 is 68.3 Å². The lowest BCUT2D eigenvalue weighted by molar-refractivity contribution is -0.145. The number of ether oxygens (including phenoxy) is 1. The number of amidine groups is 1. The van der Waals surface area contributed by atoms with Gasteiger partial charge in [0.15, 0.2) is 11.9 Å². The summed E-state index contributed by atoms with van der Waals surface area (Å²) in [6, 6.07) is 1.39. The third-order valence-corrected chi connectivity index (χ3v) is 11.0. The van der Waals surface area contributed by atoms with Crippen LogP contribution in [0.4, 0.5) is 9.59 Å². The summed E-state index contributed by atoms with van der Waals surface area (Å²) in [5.74, 6) is 0.702. The van der Waals surface area contributed by atoms with E-state index in [0.29, 0.717) is 52.5 Å². The number of alkyl carbamates (subject to hydrolysis) is 1. The van der Waals surface area contributed by atoms with Crippen molar-refractivity contribution in [2.24, 2.45) is 24.4 Å². The van der Waals surface area contributed by atoms with Crippen LogP contribution in [0.2, 0.25) is 0 Å². The van der Waals surface area contributed by atoms with E-state index in [4.69, 9.17) is 0 Å². The van der Waals surface area contributed by atoms with Crippen LogP contribution >= 0.6 is 23.3 Å². The Labute approximate surface area is 534 Å². The first kappa shape index (κ1) is 80.8. The number of H-pyrrole nitrogens is 9. The normalized spacial score (nSPS) is 15.5. The van der Waals surface area contributed by atoms with E-state index < -0.39 is 69.8 Å². The van der Waals surface area contributed by atoms with Crippen molar-refractivity contribution in [3.8, 4) is 0 Å². The van der Waals surface area contributed by atoms with Crippen LogP contribution in [-0.4, -0.2) is 157 Å². The SMILES string of the molecule is CC1=NS(=O)ON1.CC1C(=O)NOC1=O.CC1OC(=O)NC1=O.CC1SC(=O)NC1=O.Cc1cc(=O)[nH]o1.Cc1n[nH]c(=O)n1C.Cc1n[nH]c(=O)o1.Cc1nc(=O)[nH]o1.Cc1nn[nH]n1.Cc1noc(=O)[nH]1.Cc1noc(=O)[nH]1.Cc1nsc(=O)[nH]1.Cn1oc(=O)[nH]c1=O. The number of thioether (sulfide) groups is 1. The molecule has 0 spiro atoms. The Morgan fingerprint density at radius 2 is 1.26 bits per heavy atom. The Balaban J connectivity index is 0.000000515. The number of carbonyl (C=O) groups is 6. The van der Waals surface area contributed by atoms with Crippen LogP contribution in [0.5, 0.6) is 0 Å². The average molecular weight is 1410 g/mol. The van der Waals surface area contributed by atoms with Crippen molar-refractivity contribution in [3.63, 3.8) is 0 Å². The number of aromatic nitrogens is 20. The fraction of sp³-hybridized carbons (Fsp3) is 0.405. The number of aromatic amines is 9. The van der Waals surface area contributed by atoms with E-state index in [2.05, 4.69) is 137 Å². The summed E-state index contributed by atoms with van der Waals surface area (Å²) in [6.07, 6.45) is -1.26. The first-order chi connectivity index (χ1) is 44.4. The van der Waals surface area contributed by atoms with Gasteiger partial charge in [-0.25, -0.2) is 68.0 Å². The number of cyclic esters (lactones) is 1. The first-order valence-electron chi connectivity index (χ1n) is 25.2. The van der Waals surface area contributed by atoms with Gasteiger partial charge in [-0.05, 0) is 69.2 Å². The molecule has 3 fully saturated rings. The molecule has 50 nitrogen and oxygen atoms in total. The summed E-state index contributed by atoms with van der Waals surface area (Å²) in [6.45, 7) is 19.8. The zero-order chi connectivity index (χ0) is 72.1. The topological polar surface area (TPSA) is 708 Å². The number of hydrogen-bond acceptors (Lipinski definition) is 37. The van der Waals surface area contributed by atoms with Crippen LogP contribution in [-0.2, 0) is 58.4 Å². The Bertz CT molecular complexity index is 4020. The van der Waals surface area contributed by atoms with Gasteiger partial charge in [0.25, 0.3) is 22.6 Å². The fourth-order valence-corrected chi connectivity index (χ4v) is 6.00. The quantitative estimate of drug-likeness (QED) is 0.0636. The molecule has 5 amide bonds. The lowest BCUT2D eigenvalue weighted by Crippen LogP contribution is -2.22. The number of nitrogens with one attached hydrogen (secondary N) is 13. The molecule has 9 aromatic heterocycles. The third kappa shape index (κ3) is 36.3. The molecule has 4 aliphatic heterocycles. The summed E-state index contributed by atoms with van der Waals surface area (Å²) in [4.78, 5) is 169. The van der Waals surface area contributed by atoms with Crippen molar-refractivity contribution in [2.75, 3.05) is 0 Å². The Kier molecular flexibility index (Phi) is 35.7. The molecular weight excluding hydrogens is 1350 g/mol. The lowest BCUT2D eigenvalue weighted by atomic mass is 10.2. The van der Waals surface area contributed by atoms with Crippen LogP contribution < -0.4 is 72.1 Å². The van der Waals surface area contributed by atoms with Gasteiger partial charge in [0.05, 0.1) is 12.3 Å². The Hall–Kier alpha value is -12.2. The highest BCUT2D eigenvalue weighted by Crippen LogP contribution is 2.17. The van der Waals surface area contributed by atoms with Gasteiger partial charge < -0.3 is 27.6 Å². The zero-order valence-electron chi connectivity index (χ0n) is 51.6. The summed E-state index contributed by atoms with van der Waals surface area (Å²) in [5.41, 5.74) is 2.94. The standard InChI is InChI=1S/C4H7N3O.2C4H5NO3.C4H5NO2S.C4H5NO2.C3H4N2O3.4C3H4N2O2.C3H4N2OS.C2H4N4.C2H4N2O2S/c1-3-5-6-4(8)7(3)2;1-2-3(6)5-4(7)8-2;1-2-3(6)5-8-4(2)7;1-2-3(6)5-4(7)8-2;1-3-2-4(6)5-7-3;1-5-2(6)4-3(7)8-5;1-2-4-5-3(6)7-2;1-2-4-3(6)5-7-2;3*1-2-4-3(6)7-5-2;1-2-3-5-6-4-2;1-2-3-6-7(5)4-2/h1-2H3,(H,6,8);2H,1H3,(H,5,6,7);2H,1H3,(H,5,6);2H,1H3,(H,5,6,7);2H,1H3,(H,5,6);1H3,(H,4,6,7);2*1H3,(H,5,6);3*1H3,(H,4,5,6);1H3,(H,3,4,5,6);1H3,(H,3,4). The first-order valence-corrected chi connectivity index (χ1v) is 27.9. The van der Waals surface area contributed by atoms with Crippen LogP contribution in [0.1, 0.15) is 74.4 Å². The summed E-state index contributed by atoms with van der Waals surface area (Å²) in [7, 11) is 3.02. The fourth-order valence-electron chi connectivity index (χ4n) is 4.41. The predicted molar refractivity (Wildman–Crippen MR) is 315 cm³/mol. The zero-order valence-corrected chi connectivity index (χ0v) is 54.1. The lowest BCUT2D eigenvalue weighted by Gasteiger charge is -1.91. The number of amides is 5. The number of carbonyl (C=O) groups excluding carboxylic acids is 6. The molecule has 53 heteroatoms. The maximum absolute atomic E-state index is 10.5. The number of hydroxylamine groups is 2. The molecule has 13 N–H and O–H groups in total. The highest BCUT2D eigenvalue weighted by molar-refractivity contribution is 8.15. The van der Waals surface area contributed by atoms with Crippen molar-refractivity contribution in [3.05, 3.63) is 146 Å². The predicted octanol–water partition coefficient (Wildman–Crippen LogP) is -4.58. The molecule has 4 atom stereocenters. The van der Waals surface area contributed by atoms with E-state index >= 15 is 0 Å². The summed E-state index contributed by atoms with van der Waals surface area (Å²) in [5, 5.41) is 38.6. The van der Waals surface area contributed by atoms with Crippen molar-refractivity contribution in [1.82, 2.24) is 122 Å². The molecule has 95 heavy (non-hydrogen) atoms. The van der Waals surface area contributed by atoms with Gasteiger partial charge in [-0.1, -0.05) is 27.3 Å². The maximum atomic E-state index is 10.5. The van der Waals surface area contributed by atoms with Crippen molar-refractivity contribution >= 4 is 75.4 Å². The molecule has 4 aliphatic rings. The minimum atomic E-state index is -1.48. The van der Waals surface area contributed by atoms with Gasteiger partial charge in [0, 0.05) is 38.5 Å². The molecule has 0 bridgehead atoms. The maximum Gasteiger partial charge on any atom is 0.440 e. The van der Waals surface area contributed by atoms with E-state index in [0.717, 1.165) is 28.0 Å². The van der Waals surface area contributed by atoms with Gasteiger partial charge in [0.1, 0.15) is 40.8 Å². The summed E-state index contributed by atoms with van der Waals surface area (Å²) < 4.78 is 53.9. The van der Waals surface area contributed by atoms with Crippen molar-refractivity contribution in [2.45, 2.75) is 94.4 Å². The number of hydrogen-bond donors (Lipinski definition) is 13. The van der Waals surface area contributed by atoms with Gasteiger partial charge in [-0.3, -0.25) is 68.0 Å². The van der Waals surface area contributed by atoms with Crippen molar-refractivity contribution < 1.29 is 73.9 Å². The number of tetrazole rings is 1. The molecule has 0 radical (unpaired) electrons. The molecule has 0 saturated carbocycles. The number of imide groups is 2. The molecule has 0 aromatic carbocycles. The third-order valence-electron chi connectivity index (χ3n) is 8.88. The highest BCUT2D eigenvalue weighted by atomic mass is 32.2. The molecule has 3 saturated heterocycles.